The second kappa shape index (κ2) is 7.11. The van der Waals surface area contributed by atoms with Gasteiger partial charge in [-0.3, -0.25) is 11.3 Å². The first-order valence-corrected chi connectivity index (χ1v) is 6.47. The molecular weight excluding hydrogens is 216 g/mol. The van der Waals surface area contributed by atoms with Crippen molar-refractivity contribution in [2.75, 3.05) is 19.8 Å². The molecule has 3 N–H and O–H groups in total. The molecule has 1 atom stereocenters. The predicted molar refractivity (Wildman–Crippen MR) is 69.6 cm³/mol. The van der Waals surface area contributed by atoms with Gasteiger partial charge in [0.1, 0.15) is 0 Å². The summed E-state index contributed by atoms with van der Waals surface area (Å²) in [6, 6.07) is 0.169. The molecule has 0 radical (unpaired) electrons. The Bertz CT molecular complexity index is 232. The van der Waals surface area contributed by atoms with Crippen LogP contribution >= 0.6 is 0 Å². The quantitative estimate of drug-likeness (QED) is 0.406. The summed E-state index contributed by atoms with van der Waals surface area (Å²) in [5.41, 5.74) is 3.95. The summed E-state index contributed by atoms with van der Waals surface area (Å²) in [5.74, 6) is 5.70. The van der Waals surface area contributed by atoms with E-state index in [2.05, 4.69) is 12.0 Å². The van der Waals surface area contributed by atoms with Gasteiger partial charge in [0.05, 0.1) is 11.6 Å². The molecule has 4 heteroatoms. The Morgan fingerprint density at radius 1 is 1.53 bits per heavy atom. The monoisotopic (exact) mass is 242 g/mol. The van der Waals surface area contributed by atoms with Crippen molar-refractivity contribution in [2.24, 2.45) is 5.84 Å². The average Bonchev–Trinajstić information content (AvgIpc) is 2.31. The third kappa shape index (κ3) is 4.07. The zero-order valence-electron chi connectivity index (χ0n) is 11.1. The topological polar surface area (TPSA) is 56.5 Å². The molecule has 1 aliphatic heterocycles. The molecule has 0 aliphatic carbocycles. The summed E-state index contributed by atoms with van der Waals surface area (Å²) in [4.78, 5) is 0. The largest absolute Gasteiger partial charge is 0.381 e. The highest BCUT2D eigenvalue weighted by molar-refractivity contribution is 4.97. The van der Waals surface area contributed by atoms with Crippen LogP contribution in [0.25, 0.3) is 0 Å². The fourth-order valence-electron chi connectivity index (χ4n) is 2.49. The van der Waals surface area contributed by atoms with Gasteiger partial charge in [-0.25, -0.2) is 0 Å². The number of allylic oxidation sites excluding steroid dienone is 1. The summed E-state index contributed by atoms with van der Waals surface area (Å²) in [7, 11) is 0. The fourth-order valence-corrected chi connectivity index (χ4v) is 2.49. The second-order valence-electron chi connectivity index (χ2n) is 4.83. The Kier molecular flexibility index (Phi) is 6.12. The van der Waals surface area contributed by atoms with Crippen LogP contribution in [0, 0.1) is 0 Å². The van der Waals surface area contributed by atoms with E-state index in [0.29, 0.717) is 6.61 Å². The van der Waals surface area contributed by atoms with Crippen LogP contribution in [-0.2, 0) is 9.47 Å². The standard InChI is InChI=1S/C13H26N2O2/c1-4-17-13(7-9-16-10-8-13)12(15-14)6-5-11(2)3/h12,15H,2,4-10,14H2,1,3H3. The van der Waals surface area contributed by atoms with Crippen molar-refractivity contribution in [1.82, 2.24) is 5.43 Å². The van der Waals surface area contributed by atoms with Crippen molar-refractivity contribution in [3.8, 4) is 0 Å². The molecule has 1 saturated heterocycles. The number of hydrogen-bond acceptors (Lipinski definition) is 4. The molecular formula is C13H26N2O2. The number of nitrogens with one attached hydrogen (secondary N) is 1. The molecule has 1 fully saturated rings. The lowest BCUT2D eigenvalue weighted by molar-refractivity contribution is -0.127. The van der Waals surface area contributed by atoms with Gasteiger partial charge >= 0.3 is 0 Å². The number of nitrogens with two attached hydrogens (primary N) is 1. The van der Waals surface area contributed by atoms with E-state index in [4.69, 9.17) is 15.3 Å². The zero-order chi connectivity index (χ0) is 12.7. The summed E-state index contributed by atoms with van der Waals surface area (Å²) in [5, 5.41) is 0. The van der Waals surface area contributed by atoms with E-state index in [0.717, 1.165) is 38.9 Å². The second-order valence-corrected chi connectivity index (χ2v) is 4.83. The molecule has 1 unspecified atom stereocenters. The zero-order valence-corrected chi connectivity index (χ0v) is 11.1. The maximum Gasteiger partial charge on any atom is 0.0891 e. The number of ether oxygens (including phenoxy) is 2. The maximum atomic E-state index is 6.00. The van der Waals surface area contributed by atoms with Crippen LogP contribution in [0.15, 0.2) is 12.2 Å². The van der Waals surface area contributed by atoms with Gasteiger partial charge in [0, 0.05) is 32.7 Å². The third-order valence-corrected chi connectivity index (χ3v) is 3.47. The molecule has 1 heterocycles. The molecule has 0 amide bonds. The van der Waals surface area contributed by atoms with Crippen molar-refractivity contribution in [3.05, 3.63) is 12.2 Å². The van der Waals surface area contributed by atoms with E-state index < -0.39 is 0 Å². The normalized spacial score (nSPS) is 21.1. The average molecular weight is 242 g/mol. The van der Waals surface area contributed by atoms with Gasteiger partial charge in [0.15, 0.2) is 0 Å². The Hall–Kier alpha value is -0.420. The first kappa shape index (κ1) is 14.6. The minimum Gasteiger partial charge on any atom is -0.381 e. The SMILES string of the molecule is C=C(C)CCC(NN)C1(OCC)CCOCC1. The van der Waals surface area contributed by atoms with Gasteiger partial charge < -0.3 is 9.47 Å². The lowest BCUT2D eigenvalue weighted by Gasteiger charge is -2.43. The van der Waals surface area contributed by atoms with Crippen LogP contribution in [0.1, 0.15) is 39.5 Å². The van der Waals surface area contributed by atoms with Crippen molar-refractivity contribution in [3.63, 3.8) is 0 Å². The lowest BCUT2D eigenvalue weighted by atomic mass is 9.83. The molecule has 0 saturated carbocycles. The van der Waals surface area contributed by atoms with E-state index in [1.54, 1.807) is 0 Å². The molecule has 0 aromatic heterocycles. The summed E-state index contributed by atoms with van der Waals surface area (Å²) < 4.78 is 11.4. The molecule has 100 valence electrons. The van der Waals surface area contributed by atoms with Gasteiger partial charge in [-0.15, -0.1) is 6.58 Å². The van der Waals surface area contributed by atoms with E-state index >= 15 is 0 Å². The van der Waals surface area contributed by atoms with Crippen LogP contribution in [0.4, 0.5) is 0 Å². The summed E-state index contributed by atoms with van der Waals surface area (Å²) >= 11 is 0. The highest BCUT2D eigenvalue weighted by Crippen LogP contribution is 2.31. The molecule has 1 aliphatic rings. The van der Waals surface area contributed by atoms with Gasteiger partial charge in [-0.2, -0.15) is 0 Å². The van der Waals surface area contributed by atoms with Crippen LogP contribution in [-0.4, -0.2) is 31.5 Å². The smallest absolute Gasteiger partial charge is 0.0891 e. The Labute approximate surface area is 105 Å². The minimum atomic E-state index is -0.169. The van der Waals surface area contributed by atoms with Crippen molar-refractivity contribution < 1.29 is 9.47 Å². The number of hydrogen-bond donors (Lipinski definition) is 2. The fraction of sp³-hybridized carbons (Fsp3) is 0.846. The molecule has 0 bridgehead atoms. The Morgan fingerprint density at radius 3 is 2.65 bits per heavy atom. The highest BCUT2D eigenvalue weighted by atomic mass is 16.5. The Morgan fingerprint density at radius 2 is 2.18 bits per heavy atom. The third-order valence-electron chi connectivity index (χ3n) is 3.47. The molecule has 17 heavy (non-hydrogen) atoms. The molecule has 1 rings (SSSR count). The molecule has 0 spiro atoms. The van der Waals surface area contributed by atoms with Gasteiger partial charge in [-0.05, 0) is 26.7 Å². The van der Waals surface area contributed by atoms with Crippen LogP contribution in [0.2, 0.25) is 0 Å². The van der Waals surface area contributed by atoms with Crippen LogP contribution < -0.4 is 11.3 Å². The summed E-state index contributed by atoms with van der Waals surface area (Å²) in [6.45, 7) is 10.2. The van der Waals surface area contributed by atoms with E-state index in [1.165, 1.54) is 5.57 Å². The van der Waals surface area contributed by atoms with Crippen molar-refractivity contribution in [1.29, 1.82) is 0 Å². The van der Waals surface area contributed by atoms with E-state index in [9.17, 15) is 0 Å². The van der Waals surface area contributed by atoms with Crippen LogP contribution in [0.5, 0.6) is 0 Å². The van der Waals surface area contributed by atoms with E-state index in [1.807, 2.05) is 13.8 Å². The molecule has 0 aromatic carbocycles. The first-order chi connectivity index (χ1) is 8.14. The minimum absolute atomic E-state index is 0.169. The van der Waals surface area contributed by atoms with Crippen molar-refractivity contribution in [2.45, 2.75) is 51.2 Å². The molecule has 4 nitrogen and oxygen atoms in total. The maximum absolute atomic E-state index is 6.00. The predicted octanol–water partition coefficient (Wildman–Crippen LogP) is 1.76. The lowest BCUT2D eigenvalue weighted by Crippen LogP contribution is -2.57. The van der Waals surface area contributed by atoms with Crippen molar-refractivity contribution >= 4 is 0 Å². The first-order valence-electron chi connectivity index (χ1n) is 6.47. The number of rotatable bonds is 7. The van der Waals surface area contributed by atoms with Gasteiger partial charge in [0.2, 0.25) is 0 Å². The van der Waals surface area contributed by atoms with Gasteiger partial charge in [0.25, 0.3) is 0 Å². The van der Waals surface area contributed by atoms with Crippen LogP contribution in [0.3, 0.4) is 0 Å². The molecule has 0 aromatic rings. The number of hydrazine groups is 1. The highest BCUT2D eigenvalue weighted by Gasteiger charge is 2.40. The van der Waals surface area contributed by atoms with E-state index in [-0.39, 0.29) is 11.6 Å². The Balaban J connectivity index is 2.67. The van der Waals surface area contributed by atoms with Gasteiger partial charge in [-0.1, -0.05) is 5.57 Å². The summed E-state index contributed by atoms with van der Waals surface area (Å²) in [6.07, 6.45) is 3.76.